The second kappa shape index (κ2) is 5.47. The minimum atomic E-state index is 0.406. The van der Waals surface area contributed by atoms with Gasteiger partial charge in [0, 0.05) is 18.1 Å². The Morgan fingerprint density at radius 2 is 1.85 bits per heavy atom. The monoisotopic (exact) mass is 284 g/mol. The number of rotatable bonds is 3. The molecule has 0 fully saturated rings. The molecule has 3 nitrogen and oxygen atoms in total. The van der Waals surface area contributed by atoms with Gasteiger partial charge in [-0.25, -0.2) is 9.97 Å². The average molecular weight is 285 g/mol. The van der Waals surface area contributed by atoms with Crippen molar-refractivity contribution in [2.24, 2.45) is 0 Å². The average Bonchev–Trinajstić information content (AvgIpc) is 2.96. The van der Waals surface area contributed by atoms with Gasteiger partial charge >= 0.3 is 0 Å². The van der Waals surface area contributed by atoms with Gasteiger partial charge in [0.1, 0.15) is 10.9 Å². The van der Waals surface area contributed by atoms with E-state index < -0.39 is 0 Å². The molecule has 0 unspecified atom stereocenters. The summed E-state index contributed by atoms with van der Waals surface area (Å²) in [4.78, 5) is 8.77. The van der Waals surface area contributed by atoms with Gasteiger partial charge in [-0.15, -0.1) is 0 Å². The van der Waals surface area contributed by atoms with E-state index in [0.29, 0.717) is 16.7 Å². The Morgan fingerprint density at radius 3 is 2.55 bits per heavy atom. The maximum atomic E-state index is 6.10. The van der Waals surface area contributed by atoms with Crippen LogP contribution in [0.4, 0.5) is 0 Å². The van der Waals surface area contributed by atoms with E-state index in [9.17, 15) is 0 Å². The molecular formula is C16H13ClN2O. The van der Waals surface area contributed by atoms with Gasteiger partial charge < -0.3 is 4.42 Å². The second-order valence-electron chi connectivity index (χ2n) is 4.39. The maximum Gasteiger partial charge on any atom is 0.197 e. The van der Waals surface area contributed by atoms with Crippen LogP contribution in [0, 0.1) is 0 Å². The van der Waals surface area contributed by atoms with Gasteiger partial charge in [-0.2, -0.15) is 0 Å². The molecule has 3 aromatic rings. The van der Waals surface area contributed by atoms with Crippen molar-refractivity contribution >= 4 is 11.6 Å². The molecule has 0 saturated heterocycles. The van der Waals surface area contributed by atoms with Crippen molar-refractivity contribution in [3.8, 4) is 22.8 Å². The van der Waals surface area contributed by atoms with Crippen LogP contribution in [0.15, 0.2) is 52.9 Å². The van der Waals surface area contributed by atoms with Crippen molar-refractivity contribution in [1.29, 1.82) is 0 Å². The Balaban J connectivity index is 2.07. The van der Waals surface area contributed by atoms with Crippen molar-refractivity contribution in [2.45, 2.75) is 13.3 Å². The van der Waals surface area contributed by atoms with Crippen LogP contribution >= 0.6 is 11.6 Å². The molecular weight excluding hydrogens is 272 g/mol. The lowest BCUT2D eigenvalue weighted by atomic mass is 10.1. The highest BCUT2D eigenvalue weighted by molar-refractivity contribution is 6.29. The Kier molecular flexibility index (Phi) is 3.52. The van der Waals surface area contributed by atoms with Crippen LogP contribution in [0.2, 0.25) is 5.15 Å². The molecule has 100 valence electrons. The van der Waals surface area contributed by atoms with Crippen LogP contribution in [0.25, 0.3) is 22.8 Å². The van der Waals surface area contributed by atoms with E-state index in [0.717, 1.165) is 23.4 Å². The predicted octanol–water partition coefficient (Wildman–Crippen LogP) is 4.62. The van der Waals surface area contributed by atoms with E-state index in [1.807, 2.05) is 49.4 Å². The highest BCUT2D eigenvalue weighted by Gasteiger charge is 2.10. The SMILES string of the molecule is CCc1ccc(-c2nc(Cl)cc(-c3ccccc3)n2)o1. The van der Waals surface area contributed by atoms with Gasteiger partial charge in [0.2, 0.25) is 0 Å². The van der Waals surface area contributed by atoms with Gasteiger partial charge in [-0.05, 0) is 12.1 Å². The van der Waals surface area contributed by atoms with E-state index in [1.165, 1.54) is 0 Å². The van der Waals surface area contributed by atoms with E-state index >= 15 is 0 Å². The first-order valence-electron chi connectivity index (χ1n) is 6.45. The third-order valence-electron chi connectivity index (χ3n) is 2.99. The summed E-state index contributed by atoms with van der Waals surface area (Å²) in [7, 11) is 0. The first-order chi connectivity index (χ1) is 9.76. The third-order valence-corrected chi connectivity index (χ3v) is 3.19. The zero-order chi connectivity index (χ0) is 13.9. The Hall–Kier alpha value is -2.13. The largest absolute Gasteiger partial charge is 0.458 e. The Morgan fingerprint density at radius 1 is 1.05 bits per heavy atom. The van der Waals surface area contributed by atoms with Crippen LogP contribution in [0.1, 0.15) is 12.7 Å². The summed E-state index contributed by atoms with van der Waals surface area (Å²) in [5.74, 6) is 2.06. The molecule has 0 N–H and O–H groups in total. The molecule has 0 bridgehead atoms. The Labute approximate surface area is 122 Å². The van der Waals surface area contributed by atoms with Crippen LogP contribution in [-0.2, 0) is 6.42 Å². The van der Waals surface area contributed by atoms with Crippen LogP contribution in [0.5, 0.6) is 0 Å². The highest BCUT2D eigenvalue weighted by Crippen LogP contribution is 2.25. The summed E-state index contributed by atoms with van der Waals surface area (Å²) in [6, 6.07) is 15.4. The molecule has 3 rings (SSSR count). The topological polar surface area (TPSA) is 38.9 Å². The zero-order valence-corrected chi connectivity index (χ0v) is 11.8. The van der Waals surface area contributed by atoms with Gasteiger partial charge in [-0.3, -0.25) is 0 Å². The summed E-state index contributed by atoms with van der Waals surface area (Å²) < 4.78 is 5.68. The fourth-order valence-electron chi connectivity index (χ4n) is 1.97. The number of halogens is 1. The first kappa shape index (κ1) is 12.9. The summed E-state index contributed by atoms with van der Waals surface area (Å²) in [6.45, 7) is 2.04. The minimum Gasteiger partial charge on any atom is -0.458 e. The highest BCUT2D eigenvalue weighted by atomic mass is 35.5. The van der Waals surface area contributed by atoms with E-state index in [2.05, 4.69) is 9.97 Å². The molecule has 0 atom stereocenters. The van der Waals surface area contributed by atoms with E-state index in [1.54, 1.807) is 6.07 Å². The normalized spacial score (nSPS) is 10.7. The van der Waals surface area contributed by atoms with Crippen molar-refractivity contribution < 1.29 is 4.42 Å². The van der Waals surface area contributed by atoms with Crippen LogP contribution < -0.4 is 0 Å². The molecule has 0 aliphatic rings. The van der Waals surface area contributed by atoms with Crippen LogP contribution in [0.3, 0.4) is 0 Å². The summed E-state index contributed by atoms with van der Waals surface area (Å²) >= 11 is 6.10. The number of hydrogen-bond donors (Lipinski definition) is 0. The van der Waals surface area contributed by atoms with Gasteiger partial charge in [0.05, 0.1) is 5.69 Å². The van der Waals surface area contributed by atoms with Crippen molar-refractivity contribution in [1.82, 2.24) is 9.97 Å². The molecule has 2 heterocycles. The lowest BCUT2D eigenvalue weighted by Crippen LogP contribution is -1.92. The van der Waals surface area contributed by atoms with E-state index in [4.69, 9.17) is 16.0 Å². The van der Waals surface area contributed by atoms with Crippen LogP contribution in [-0.4, -0.2) is 9.97 Å². The molecule has 0 saturated carbocycles. The lowest BCUT2D eigenvalue weighted by Gasteiger charge is -2.03. The number of aryl methyl sites for hydroxylation is 1. The fourth-order valence-corrected chi connectivity index (χ4v) is 2.16. The summed E-state index contributed by atoms with van der Waals surface area (Å²) in [6.07, 6.45) is 0.839. The molecule has 2 aromatic heterocycles. The Bertz CT molecular complexity index is 722. The number of nitrogens with zero attached hydrogens (tertiary/aromatic N) is 2. The molecule has 0 amide bonds. The van der Waals surface area contributed by atoms with Gasteiger partial charge in [0.25, 0.3) is 0 Å². The van der Waals surface area contributed by atoms with E-state index in [-0.39, 0.29) is 0 Å². The molecule has 1 aromatic carbocycles. The summed E-state index contributed by atoms with van der Waals surface area (Å²) in [5, 5.41) is 0.406. The second-order valence-corrected chi connectivity index (χ2v) is 4.77. The molecule has 0 aliphatic heterocycles. The zero-order valence-electron chi connectivity index (χ0n) is 11.0. The smallest absolute Gasteiger partial charge is 0.197 e. The fraction of sp³-hybridized carbons (Fsp3) is 0.125. The van der Waals surface area contributed by atoms with Gasteiger partial charge in [-0.1, -0.05) is 48.9 Å². The number of benzene rings is 1. The molecule has 20 heavy (non-hydrogen) atoms. The first-order valence-corrected chi connectivity index (χ1v) is 6.83. The van der Waals surface area contributed by atoms with Crippen molar-refractivity contribution in [3.63, 3.8) is 0 Å². The number of hydrogen-bond acceptors (Lipinski definition) is 3. The number of furan rings is 1. The lowest BCUT2D eigenvalue weighted by molar-refractivity contribution is 0.525. The minimum absolute atomic E-state index is 0.406. The maximum absolute atomic E-state index is 6.10. The van der Waals surface area contributed by atoms with Gasteiger partial charge in [0.15, 0.2) is 11.6 Å². The predicted molar refractivity (Wildman–Crippen MR) is 79.6 cm³/mol. The third kappa shape index (κ3) is 2.58. The van der Waals surface area contributed by atoms with Crippen molar-refractivity contribution in [2.75, 3.05) is 0 Å². The molecule has 0 spiro atoms. The molecule has 4 heteroatoms. The standard InChI is InChI=1S/C16H13ClN2O/c1-2-12-8-9-14(20-12)16-18-13(10-15(17)19-16)11-6-4-3-5-7-11/h3-10H,2H2,1H3. The molecule has 0 aliphatic carbocycles. The summed E-state index contributed by atoms with van der Waals surface area (Å²) in [5.41, 5.74) is 1.79. The number of aromatic nitrogens is 2. The quantitative estimate of drug-likeness (QED) is 0.659. The van der Waals surface area contributed by atoms with Crippen molar-refractivity contribution in [3.05, 3.63) is 59.4 Å². The molecule has 0 radical (unpaired) electrons.